The van der Waals surface area contributed by atoms with E-state index in [1.165, 1.54) is 22.0 Å². The van der Waals surface area contributed by atoms with Gasteiger partial charge in [-0.3, -0.25) is 9.80 Å². The van der Waals surface area contributed by atoms with Crippen LogP contribution in [0.1, 0.15) is 17.5 Å². The van der Waals surface area contributed by atoms with Crippen molar-refractivity contribution in [3.8, 4) is 5.75 Å². The van der Waals surface area contributed by atoms with Crippen molar-refractivity contribution in [3.05, 3.63) is 65.9 Å². The van der Waals surface area contributed by atoms with E-state index >= 15 is 0 Å². The summed E-state index contributed by atoms with van der Waals surface area (Å²) < 4.78 is 5.36. The Balaban J connectivity index is 1.43. The van der Waals surface area contributed by atoms with Gasteiger partial charge in [0.2, 0.25) is 0 Å². The molecule has 28 heavy (non-hydrogen) atoms. The highest BCUT2D eigenvalue weighted by molar-refractivity contribution is 5.82. The first-order valence-corrected chi connectivity index (χ1v) is 10.0. The Morgan fingerprint density at radius 3 is 2.86 bits per heavy atom. The number of hydrogen-bond acceptors (Lipinski definition) is 4. The van der Waals surface area contributed by atoms with E-state index in [0.29, 0.717) is 6.04 Å². The summed E-state index contributed by atoms with van der Waals surface area (Å²) >= 11 is 0. The summed E-state index contributed by atoms with van der Waals surface area (Å²) in [4.78, 5) is 8.39. The number of piperazine rings is 1. The predicted molar refractivity (Wildman–Crippen MR) is 112 cm³/mol. The third kappa shape index (κ3) is 4.22. The summed E-state index contributed by atoms with van der Waals surface area (Å²) in [6.07, 6.45) is 2.93. The maximum absolute atomic E-state index is 9.60. The van der Waals surface area contributed by atoms with E-state index in [9.17, 15) is 5.11 Å². The number of aliphatic hydroxyl groups excluding tert-OH is 1. The van der Waals surface area contributed by atoms with Crippen molar-refractivity contribution < 1.29 is 9.84 Å². The molecule has 1 aromatic heterocycles. The zero-order valence-corrected chi connectivity index (χ0v) is 16.5. The fraction of sp³-hybridized carbons (Fsp3) is 0.391. The summed E-state index contributed by atoms with van der Waals surface area (Å²) in [5, 5.41) is 10.9. The molecule has 2 N–H and O–H groups in total. The SMILES string of the molecule is COc1cccc(CN2CCN(Cc3c[nH]c4ccccc34)C[C@H]2CCO)c1. The fourth-order valence-electron chi connectivity index (χ4n) is 4.24. The maximum atomic E-state index is 9.60. The van der Waals surface area contributed by atoms with E-state index in [1.54, 1.807) is 7.11 Å². The van der Waals surface area contributed by atoms with E-state index in [-0.39, 0.29) is 6.61 Å². The molecule has 4 rings (SSSR count). The molecular weight excluding hydrogens is 350 g/mol. The molecule has 2 heterocycles. The van der Waals surface area contributed by atoms with Crippen molar-refractivity contribution >= 4 is 10.9 Å². The molecular formula is C23H29N3O2. The van der Waals surface area contributed by atoms with Gasteiger partial charge in [-0.15, -0.1) is 0 Å². The van der Waals surface area contributed by atoms with Gasteiger partial charge in [0.25, 0.3) is 0 Å². The lowest BCUT2D eigenvalue weighted by Crippen LogP contribution is -2.52. The lowest BCUT2D eigenvalue weighted by Gasteiger charge is -2.41. The van der Waals surface area contributed by atoms with Gasteiger partial charge >= 0.3 is 0 Å². The summed E-state index contributed by atoms with van der Waals surface area (Å²) in [5.41, 5.74) is 3.80. The minimum Gasteiger partial charge on any atom is -0.497 e. The molecule has 1 aliphatic rings. The average molecular weight is 380 g/mol. The lowest BCUT2D eigenvalue weighted by atomic mass is 10.1. The highest BCUT2D eigenvalue weighted by Gasteiger charge is 2.27. The van der Waals surface area contributed by atoms with E-state index in [4.69, 9.17) is 4.74 Å². The van der Waals surface area contributed by atoms with Gasteiger partial charge in [0.05, 0.1) is 7.11 Å². The number of nitrogens with one attached hydrogen (secondary N) is 1. The Morgan fingerprint density at radius 1 is 1.11 bits per heavy atom. The molecule has 0 aliphatic carbocycles. The van der Waals surface area contributed by atoms with Gasteiger partial charge in [-0.25, -0.2) is 0 Å². The van der Waals surface area contributed by atoms with Crippen LogP contribution >= 0.6 is 0 Å². The van der Waals surface area contributed by atoms with Crippen molar-refractivity contribution in [2.24, 2.45) is 0 Å². The van der Waals surface area contributed by atoms with Crippen LogP contribution in [-0.2, 0) is 13.1 Å². The standard InChI is InChI=1S/C23H29N3O2/c1-28-21-6-4-5-18(13-21)15-26-11-10-25(17-20(26)9-12-27)16-19-14-24-23-8-3-2-7-22(19)23/h2-8,13-14,20,24,27H,9-12,15-17H2,1H3/t20-/m1/s1. The lowest BCUT2D eigenvalue weighted by molar-refractivity contribution is 0.0501. The molecule has 5 nitrogen and oxygen atoms in total. The van der Waals surface area contributed by atoms with Gasteiger partial charge in [-0.1, -0.05) is 30.3 Å². The monoisotopic (exact) mass is 379 g/mol. The maximum Gasteiger partial charge on any atom is 0.119 e. The minimum atomic E-state index is 0.222. The Labute approximate surface area is 166 Å². The van der Waals surface area contributed by atoms with Crippen molar-refractivity contribution in [1.82, 2.24) is 14.8 Å². The van der Waals surface area contributed by atoms with E-state index in [0.717, 1.165) is 44.9 Å². The highest BCUT2D eigenvalue weighted by Crippen LogP contribution is 2.23. The number of H-pyrrole nitrogens is 1. The molecule has 0 spiro atoms. The zero-order valence-electron chi connectivity index (χ0n) is 16.5. The van der Waals surface area contributed by atoms with Crippen LogP contribution in [-0.4, -0.2) is 59.3 Å². The second-order valence-corrected chi connectivity index (χ2v) is 7.58. The largest absolute Gasteiger partial charge is 0.497 e. The van der Waals surface area contributed by atoms with Crippen LogP contribution in [0.25, 0.3) is 10.9 Å². The number of aromatic amines is 1. The molecule has 148 valence electrons. The van der Waals surface area contributed by atoms with Crippen molar-refractivity contribution in [1.29, 1.82) is 0 Å². The Hall–Kier alpha value is -2.34. The third-order valence-corrected chi connectivity index (χ3v) is 5.74. The van der Waals surface area contributed by atoms with Gasteiger partial charge in [0.1, 0.15) is 5.75 Å². The number of para-hydroxylation sites is 1. The minimum absolute atomic E-state index is 0.222. The molecule has 3 aromatic rings. The normalized spacial score (nSPS) is 18.6. The van der Waals surface area contributed by atoms with Crippen LogP contribution in [0.5, 0.6) is 5.75 Å². The topological polar surface area (TPSA) is 51.7 Å². The van der Waals surface area contributed by atoms with E-state index in [2.05, 4.69) is 57.4 Å². The first-order valence-electron chi connectivity index (χ1n) is 10.0. The van der Waals surface area contributed by atoms with Gasteiger partial charge in [0.15, 0.2) is 0 Å². The first kappa shape index (κ1) is 19.0. The molecule has 5 heteroatoms. The second-order valence-electron chi connectivity index (χ2n) is 7.58. The van der Waals surface area contributed by atoms with Gasteiger partial charge in [-0.2, -0.15) is 0 Å². The summed E-state index contributed by atoms with van der Waals surface area (Å²) in [7, 11) is 1.71. The van der Waals surface area contributed by atoms with Crippen molar-refractivity contribution in [2.75, 3.05) is 33.4 Å². The van der Waals surface area contributed by atoms with Crippen molar-refractivity contribution in [3.63, 3.8) is 0 Å². The fourth-order valence-corrected chi connectivity index (χ4v) is 4.24. The number of aromatic nitrogens is 1. The number of ether oxygens (including phenoxy) is 1. The van der Waals surface area contributed by atoms with Crippen LogP contribution < -0.4 is 4.74 Å². The van der Waals surface area contributed by atoms with Crippen LogP contribution in [0, 0.1) is 0 Å². The summed E-state index contributed by atoms with van der Waals surface area (Å²) in [6, 6.07) is 17.1. The number of methoxy groups -OCH3 is 1. The molecule has 1 fully saturated rings. The molecule has 1 saturated heterocycles. The highest BCUT2D eigenvalue weighted by atomic mass is 16.5. The number of hydrogen-bond donors (Lipinski definition) is 2. The van der Waals surface area contributed by atoms with Gasteiger partial charge in [0, 0.05) is 62.5 Å². The molecule has 0 bridgehead atoms. The molecule has 0 amide bonds. The quantitative estimate of drug-likeness (QED) is 0.662. The van der Waals surface area contributed by atoms with Crippen LogP contribution in [0.4, 0.5) is 0 Å². The zero-order chi connectivity index (χ0) is 19.3. The molecule has 0 unspecified atom stereocenters. The third-order valence-electron chi connectivity index (χ3n) is 5.74. The van der Waals surface area contributed by atoms with E-state index < -0.39 is 0 Å². The number of fused-ring (bicyclic) bond motifs is 1. The number of benzene rings is 2. The van der Waals surface area contributed by atoms with Crippen LogP contribution in [0.3, 0.4) is 0 Å². The smallest absolute Gasteiger partial charge is 0.119 e. The summed E-state index contributed by atoms with van der Waals surface area (Å²) in [5.74, 6) is 0.897. The molecule has 0 radical (unpaired) electrons. The van der Waals surface area contributed by atoms with Gasteiger partial charge < -0.3 is 14.8 Å². The molecule has 1 atom stereocenters. The molecule has 0 saturated carbocycles. The van der Waals surface area contributed by atoms with Gasteiger partial charge in [-0.05, 0) is 35.7 Å². The Kier molecular flexibility index (Phi) is 5.95. The van der Waals surface area contributed by atoms with Crippen LogP contribution in [0.15, 0.2) is 54.7 Å². The Morgan fingerprint density at radius 2 is 2.00 bits per heavy atom. The Bertz CT molecular complexity index is 908. The second kappa shape index (κ2) is 8.78. The molecule has 2 aromatic carbocycles. The number of nitrogens with zero attached hydrogens (tertiary/aromatic N) is 2. The number of aliphatic hydroxyl groups is 1. The average Bonchev–Trinajstić information content (AvgIpc) is 3.13. The predicted octanol–water partition coefficient (Wildman–Crippen LogP) is 3.25. The van der Waals surface area contributed by atoms with Crippen LogP contribution in [0.2, 0.25) is 0 Å². The summed E-state index contributed by atoms with van der Waals surface area (Å²) in [6.45, 7) is 5.07. The first-order chi connectivity index (χ1) is 13.8. The number of rotatable bonds is 7. The van der Waals surface area contributed by atoms with Crippen molar-refractivity contribution in [2.45, 2.75) is 25.6 Å². The molecule has 1 aliphatic heterocycles. The van der Waals surface area contributed by atoms with E-state index in [1.807, 2.05) is 12.1 Å².